The Morgan fingerprint density at radius 2 is 1.91 bits per heavy atom. The molecule has 5 rings (SSSR count). The first-order valence-corrected chi connectivity index (χ1v) is 13.4. The minimum Gasteiger partial charge on any atom is -0.422 e. The van der Waals surface area contributed by atoms with Crippen LogP contribution in [0.5, 0.6) is 0 Å². The summed E-state index contributed by atoms with van der Waals surface area (Å²) in [5, 5.41) is 10.7. The minimum absolute atomic E-state index is 0.323. The zero-order valence-corrected chi connectivity index (χ0v) is 20.9. The summed E-state index contributed by atoms with van der Waals surface area (Å²) in [6.45, 7) is 6.88. The quantitative estimate of drug-likeness (QED) is 0.196. The number of rotatable bonds is 7. The third-order valence-corrected chi connectivity index (χ3v) is 8.77. The Morgan fingerprint density at radius 3 is 2.73 bits per heavy atom. The second kappa shape index (κ2) is 9.32. The molecule has 33 heavy (non-hydrogen) atoms. The molecule has 0 amide bonds. The van der Waals surface area contributed by atoms with Crippen LogP contribution in [0.1, 0.15) is 29.4 Å². The zero-order chi connectivity index (χ0) is 22.9. The number of thioether (sulfide) groups is 2. The Morgan fingerprint density at radius 1 is 1.06 bits per heavy atom. The Hall–Kier alpha value is -2.62. The molecule has 9 heteroatoms. The number of hydrogen-bond acceptors (Lipinski definition) is 8. The molecule has 0 unspecified atom stereocenters. The van der Waals surface area contributed by atoms with Gasteiger partial charge in [0.1, 0.15) is 11.4 Å². The molecule has 2 aromatic carbocycles. The second-order valence-corrected chi connectivity index (χ2v) is 10.8. The summed E-state index contributed by atoms with van der Waals surface area (Å²) in [7, 11) is 0. The second-order valence-electron chi connectivity index (χ2n) is 7.64. The average molecular weight is 495 g/mol. The van der Waals surface area contributed by atoms with Crippen molar-refractivity contribution in [3.63, 3.8) is 0 Å². The summed E-state index contributed by atoms with van der Waals surface area (Å²) in [5.41, 5.74) is 4.44. The van der Waals surface area contributed by atoms with Crippen molar-refractivity contribution < 1.29 is 4.42 Å². The molecule has 0 saturated carbocycles. The van der Waals surface area contributed by atoms with Gasteiger partial charge in [-0.15, -0.1) is 21.5 Å². The van der Waals surface area contributed by atoms with Crippen LogP contribution in [0.2, 0.25) is 0 Å². The van der Waals surface area contributed by atoms with Crippen molar-refractivity contribution >= 4 is 56.0 Å². The van der Waals surface area contributed by atoms with Gasteiger partial charge in [0.05, 0.1) is 16.0 Å². The fourth-order valence-corrected chi connectivity index (χ4v) is 6.70. The lowest BCUT2D eigenvalue weighted by molar-refractivity contribution is 0.557. The molecule has 0 aliphatic rings. The van der Waals surface area contributed by atoms with E-state index in [2.05, 4.69) is 33.8 Å². The third-order valence-electron chi connectivity index (χ3n) is 5.58. The lowest BCUT2D eigenvalue weighted by Crippen LogP contribution is -2.04. The van der Waals surface area contributed by atoms with E-state index in [0.717, 1.165) is 49.5 Å². The van der Waals surface area contributed by atoms with Crippen LogP contribution in [0.3, 0.4) is 0 Å². The highest BCUT2D eigenvalue weighted by Gasteiger charge is 2.15. The molecule has 0 N–H and O–H groups in total. The summed E-state index contributed by atoms with van der Waals surface area (Å²) < 4.78 is 9.86. The van der Waals surface area contributed by atoms with E-state index in [1.54, 1.807) is 40.9 Å². The predicted octanol–water partition coefficient (Wildman–Crippen LogP) is 6.22. The largest absolute Gasteiger partial charge is 0.422 e. The average Bonchev–Trinajstić information content (AvgIpc) is 3.41. The summed E-state index contributed by atoms with van der Waals surface area (Å²) in [6, 6.07) is 13.9. The van der Waals surface area contributed by atoms with Crippen molar-refractivity contribution in [1.82, 2.24) is 19.7 Å². The van der Waals surface area contributed by atoms with Gasteiger partial charge in [-0.05, 0) is 49.6 Å². The van der Waals surface area contributed by atoms with Gasteiger partial charge in [-0.25, -0.2) is 9.78 Å². The van der Waals surface area contributed by atoms with Crippen LogP contribution >= 0.6 is 34.9 Å². The maximum Gasteiger partial charge on any atom is 0.336 e. The number of fused-ring (bicyclic) bond motifs is 2. The van der Waals surface area contributed by atoms with E-state index in [4.69, 9.17) is 9.40 Å². The molecule has 3 aromatic heterocycles. The molecule has 6 nitrogen and oxygen atoms in total. The molecule has 0 spiro atoms. The number of aromatic nitrogens is 4. The van der Waals surface area contributed by atoms with Crippen molar-refractivity contribution in [2.24, 2.45) is 0 Å². The molecule has 0 saturated heterocycles. The van der Waals surface area contributed by atoms with E-state index in [-0.39, 0.29) is 5.63 Å². The fraction of sp³-hybridized carbons (Fsp3) is 0.250. The van der Waals surface area contributed by atoms with Crippen LogP contribution in [-0.2, 0) is 18.1 Å². The van der Waals surface area contributed by atoms with Crippen LogP contribution < -0.4 is 5.63 Å². The first-order chi connectivity index (χ1) is 16.0. The molecule has 0 aliphatic carbocycles. The highest BCUT2D eigenvalue weighted by Crippen LogP contribution is 2.32. The zero-order valence-electron chi connectivity index (χ0n) is 18.5. The van der Waals surface area contributed by atoms with Gasteiger partial charge in [-0.3, -0.25) is 0 Å². The molecule has 0 radical (unpaired) electrons. The van der Waals surface area contributed by atoms with Crippen LogP contribution in [0, 0.1) is 13.8 Å². The monoisotopic (exact) mass is 494 g/mol. The maximum absolute atomic E-state index is 12.2. The maximum atomic E-state index is 12.2. The number of hydrogen-bond donors (Lipinski definition) is 0. The highest BCUT2D eigenvalue weighted by atomic mass is 32.2. The van der Waals surface area contributed by atoms with Crippen molar-refractivity contribution in [3.05, 3.63) is 75.4 Å². The molecule has 0 atom stereocenters. The fourth-order valence-electron chi connectivity index (χ4n) is 3.68. The lowest BCUT2D eigenvalue weighted by Gasteiger charge is -2.09. The highest BCUT2D eigenvalue weighted by molar-refractivity contribution is 8.00. The molecular weight excluding hydrogens is 472 g/mol. The van der Waals surface area contributed by atoms with Gasteiger partial charge in [0.25, 0.3) is 0 Å². The van der Waals surface area contributed by atoms with Crippen LogP contribution in [0.4, 0.5) is 0 Å². The smallest absolute Gasteiger partial charge is 0.336 e. The van der Waals surface area contributed by atoms with Gasteiger partial charge >= 0.3 is 5.63 Å². The van der Waals surface area contributed by atoms with Crippen LogP contribution in [0.25, 0.3) is 21.2 Å². The van der Waals surface area contributed by atoms with Crippen molar-refractivity contribution in [2.45, 2.75) is 48.3 Å². The van der Waals surface area contributed by atoms with Crippen molar-refractivity contribution in [1.29, 1.82) is 0 Å². The summed E-state index contributed by atoms with van der Waals surface area (Å²) >= 11 is 4.98. The molecular formula is C24H22N4O2S3. The Balaban J connectivity index is 1.35. The molecule has 0 aliphatic heterocycles. The Kier molecular flexibility index (Phi) is 6.27. The van der Waals surface area contributed by atoms with E-state index in [1.807, 2.05) is 38.1 Å². The van der Waals surface area contributed by atoms with E-state index < -0.39 is 0 Å². The van der Waals surface area contributed by atoms with Gasteiger partial charge in [0.2, 0.25) is 0 Å². The summed E-state index contributed by atoms with van der Waals surface area (Å²) in [5.74, 6) is 2.25. The third kappa shape index (κ3) is 4.45. The van der Waals surface area contributed by atoms with E-state index in [0.29, 0.717) is 17.1 Å². The molecule has 0 bridgehead atoms. The standard InChI is InChI=1S/C24H22N4O2S3/c1-4-28-20(13-32-24-25-18-7-5-6-8-19(18)33-24)26-27-23(28)31-12-16-11-21(29)30-22-15(3)14(2)9-10-17(16)22/h5-11H,4,12-13H2,1-3H3. The number of benzene rings is 2. The van der Waals surface area contributed by atoms with Gasteiger partial charge in [0.15, 0.2) is 9.50 Å². The minimum atomic E-state index is -0.323. The van der Waals surface area contributed by atoms with Crippen molar-refractivity contribution in [3.8, 4) is 0 Å². The van der Waals surface area contributed by atoms with Crippen LogP contribution in [-0.4, -0.2) is 19.7 Å². The van der Waals surface area contributed by atoms with Crippen LogP contribution in [0.15, 0.2) is 61.2 Å². The first-order valence-electron chi connectivity index (χ1n) is 10.6. The first kappa shape index (κ1) is 22.2. The molecule has 5 aromatic rings. The number of para-hydroxylation sites is 1. The van der Waals surface area contributed by atoms with Gasteiger partial charge in [-0.2, -0.15) is 0 Å². The van der Waals surface area contributed by atoms with Crippen molar-refractivity contribution in [2.75, 3.05) is 0 Å². The van der Waals surface area contributed by atoms with E-state index >= 15 is 0 Å². The molecule has 168 valence electrons. The Bertz CT molecular complexity index is 1490. The number of aryl methyl sites for hydroxylation is 2. The normalized spacial score (nSPS) is 11.6. The SMILES string of the molecule is CCn1c(CSc2nc3ccccc3s2)nnc1SCc1cc(=O)oc2c(C)c(C)ccc12. The predicted molar refractivity (Wildman–Crippen MR) is 136 cm³/mol. The summed E-state index contributed by atoms with van der Waals surface area (Å²) in [6.07, 6.45) is 0. The molecule has 3 heterocycles. The van der Waals surface area contributed by atoms with E-state index in [9.17, 15) is 4.79 Å². The number of thiazole rings is 1. The topological polar surface area (TPSA) is 73.8 Å². The molecule has 0 fully saturated rings. The lowest BCUT2D eigenvalue weighted by atomic mass is 10.0. The Labute approximate surface area is 203 Å². The van der Waals surface area contributed by atoms with Gasteiger partial charge in [-0.1, -0.05) is 47.8 Å². The summed E-state index contributed by atoms with van der Waals surface area (Å²) in [4.78, 5) is 16.9. The van der Waals surface area contributed by atoms with Gasteiger partial charge in [0, 0.05) is 23.8 Å². The van der Waals surface area contributed by atoms with Gasteiger partial charge < -0.3 is 8.98 Å². The number of nitrogens with zero attached hydrogens (tertiary/aromatic N) is 4. The van der Waals surface area contributed by atoms with E-state index in [1.165, 1.54) is 4.70 Å².